The average Bonchev–Trinajstić information content (AvgIpc) is 2.96. The second kappa shape index (κ2) is 4.63. The molecule has 0 aliphatic carbocycles. The molecular formula is C13H11ClN2OS. The van der Waals surface area contributed by atoms with E-state index in [2.05, 4.69) is 10.6 Å². The second-order valence-electron chi connectivity index (χ2n) is 4.11. The number of fused-ring (bicyclic) bond motifs is 1. The summed E-state index contributed by atoms with van der Waals surface area (Å²) < 4.78 is 0.623. The fourth-order valence-electron chi connectivity index (χ4n) is 2.01. The number of amides is 1. The van der Waals surface area contributed by atoms with Crippen molar-refractivity contribution in [2.75, 3.05) is 17.2 Å². The first-order valence-electron chi connectivity index (χ1n) is 5.66. The van der Waals surface area contributed by atoms with Crippen molar-refractivity contribution in [1.82, 2.24) is 0 Å². The molecule has 1 aromatic carbocycles. The molecule has 0 atom stereocenters. The molecule has 18 heavy (non-hydrogen) atoms. The lowest BCUT2D eigenvalue weighted by Crippen LogP contribution is -2.10. The van der Waals surface area contributed by atoms with Crippen LogP contribution in [0.15, 0.2) is 30.3 Å². The van der Waals surface area contributed by atoms with Crippen LogP contribution in [0.1, 0.15) is 15.2 Å². The summed E-state index contributed by atoms with van der Waals surface area (Å²) in [5.41, 5.74) is 3.23. The normalized spacial score (nSPS) is 12.9. The maximum absolute atomic E-state index is 12.0. The van der Waals surface area contributed by atoms with Crippen LogP contribution < -0.4 is 10.6 Å². The lowest BCUT2D eigenvalue weighted by molar-refractivity contribution is 0.103. The summed E-state index contributed by atoms with van der Waals surface area (Å²) in [6.07, 6.45) is 1.00. The van der Waals surface area contributed by atoms with E-state index in [1.54, 1.807) is 12.1 Å². The summed E-state index contributed by atoms with van der Waals surface area (Å²) in [7, 11) is 0. The quantitative estimate of drug-likeness (QED) is 0.881. The van der Waals surface area contributed by atoms with E-state index in [1.165, 1.54) is 16.9 Å². The van der Waals surface area contributed by atoms with Gasteiger partial charge in [0.15, 0.2) is 0 Å². The molecule has 0 radical (unpaired) electrons. The number of hydrogen-bond donors (Lipinski definition) is 2. The predicted octanol–water partition coefficient (Wildman–Crippen LogP) is 3.62. The number of carbonyl (C=O) groups is 1. The third kappa shape index (κ3) is 2.21. The number of hydrogen-bond acceptors (Lipinski definition) is 3. The molecule has 5 heteroatoms. The molecule has 1 aromatic heterocycles. The van der Waals surface area contributed by atoms with Gasteiger partial charge < -0.3 is 10.6 Å². The van der Waals surface area contributed by atoms with E-state index < -0.39 is 0 Å². The van der Waals surface area contributed by atoms with Crippen molar-refractivity contribution in [3.63, 3.8) is 0 Å². The molecule has 3 rings (SSSR count). The largest absolute Gasteiger partial charge is 0.384 e. The van der Waals surface area contributed by atoms with Crippen LogP contribution in [0.3, 0.4) is 0 Å². The zero-order chi connectivity index (χ0) is 12.5. The zero-order valence-electron chi connectivity index (χ0n) is 9.50. The lowest BCUT2D eigenvalue weighted by atomic mass is 10.1. The number of anilines is 2. The molecule has 92 valence electrons. The van der Waals surface area contributed by atoms with Gasteiger partial charge in [0.1, 0.15) is 0 Å². The van der Waals surface area contributed by atoms with Gasteiger partial charge in [0.25, 0.3) is 5.91 Å². The summed E-state index contributed by atoms with van der Waals surface area (Å²) in [5.74, 6) is -0.113. The van der Waals surface area contributed by atoms with Gasteiger partial charge in [-0.05, 0) is 42.3 Å². The first-order valence-corrected chi connectivity index (χ1v) is 6.85. The van der Waals surface area contributed by atoms with Crippen molar-refractivity contribution in [3.05, 3.63) is 45.1 Å². The van der Waals surface area contributed by atoms with E-state index in [4.69, 9.17) is 11.6 Å². The molecule has 0 unspecified atom stereocenters. The van der Waals surface area contributed by atoms with Gasteiger partial charge in [-0.25, -0.2) is 0 Å². The summed E-state index contributed by atoms with van der Waals surface area (Å²) in [6, 6.07) is 9.39. The number of rotatable bonds is 2. The van der Waals surface area contributed by atoms with Gasteiger partial charge in [0, 0.05) is 17.9 Å². The van der Waals surface area contributed by atoms with Crippen molar-refractivity contribution in [2.24, 2.45) is 0 Å². The van der Waals surface area contributed by atoms with Crippen LogP contribution in [-0.2, 0) is 6.42 Å². The molecule has 0 saturated carbocycles. The van der Waals surface area contributed by atoms with Gasteiger partial charge in [0.05, 0.1) is 9.21 Å². The van der Waals surface area contributed by atoms with Crippen LogP contribution in [0, 0.1) is 0 Å². The minimum Gasteiger partial charge on any atom is -0.384 e. The number of halogens is 1. The Balaban J connectivity index is 1.78. The van der Waals surface area contributed by atoms with E-state index in [0.717, 1.165) is 24.3 Å². The van der Waals surface area contributed by atoms with E-state index in [1.807, 2.05) is 18.2 Å². The summed E-state index contributed by atoms with van der Waals surface area (Å²) >= 11 is 7.10. The van der Waals surface area contributed by atoms with Crippen LogP contribution in [0.5, 0.6) is 0 Å². The van der Waals surface area contributed by atoms with Gasteiger partial charge in [-0.15, -0.1) is 11.3 Å². The average molecular weight is 279 g/mol. The van der Waals surface area contributed by atoms with Crippen molar-refractivity contribution >= 4 is 40.2 Å². The molecule has 2 aromatic rings. The maximum atomic E-state index is 12.0. The Hall–Kier alpha value is -1.52. The van der Waals surface area contributed by atoms with Gasteiger partial charge in [-0.3, -0.25) is 4.79 Å². The van der Waals surface area contributed by atoms with Crippen LogP contribution in [0.4, 0.5) is 11.4 Å². The Bertz CT molecular complexity index is 609. The molecule has 1 amide bonds. The van der Waals surface area contributed by atoms with Gasteiger partial charge in [-0.2, -0.15) is 0 Å². The van der Waals surface area contributed by atoms with Gasteiger partial charge in [0.2, 0.25) is 0 Å². The van der Waals surface area contributed by atoms with E-state index in [0.29, 0.717) is 9.21 Å². The first-order chi connectivity index (χ1) is 8.72. The molecule has 3 nitrogen and oxygen atoms in total. The highest BCUT2D eigenvalue weighted by atomic mass is 35.5. The Labute approximate surface area is 114 Å². The minimum absolute atomic E-state index is 0.113. The molecule has 1 aliphatic rings. The van der Waals surface area contributed by atoms with Crippen molar-refractivity contribution in [1.29, 1.82) is 0 Å². The third-order valence-electron chi connectivity index (χ3n) is 2.87. The van der Waals surface area contributed by atoms with Crippen molar-refractivity contribution in [2.45, 2.75) is 6.42 Å². The minimum atomic E-state index is -0.113. The van der Waals surface area contributed by atoms with Gasteiger partial charge in [-0.1, -0.05) is 11.6 Å². The van der Waals surface area contributed by atoms with E-state index in [-0.39, 0.29) is 5.91 Å². The highest BCUT2D eigenvalue weighted by Crippen LogP contribution is 2.26. The molecule has 0 bridgehead atoms. The number of thiophene rings is 1. The highest BCUT2D eigenvalue weighted by molar-refractivity contribution is 7.18. The molecule has 2 heterocycles. The predicted molar refractivity (Wildman–Crippen MR) is 75.9 cm³/mol. The van der Waals surface area contributed by atoms with Crippen LogP contribution in [0.25, 0.3) is 0 Å². The topological polar surface area (TPSA) is 41.1 Å². The lowest BCUT2D eigenvalue weighted by Gasteiger charge is -2.06. The molecule has 0 spiro atoms. The van der Waals surface area contributed by atoms with Crippen molar-refractivity contribution in [3.8, 4) is 0 Å². The SMILES string of the molecule is O=C(Nc1ccc2c(c1)CCN2)c1ccc(Cl)s1. The number of carbonyl (C=O) groups excluding carboxylic acids is 1. The number of benzene rings is 1. The molecule has 0 saturated heterocycles. The standard InChI is InChI=1S/C13H11ClN2OS/c14-12-4-3-11(18-12)13(17)16-9-1-2-10-8(7-9)5-6-15-10/h1-4,7,15H,5-6H2,(H,16,17). The highest BCUT2D eigenvalue weighted by Gasteiger charge is 2.12. The van der Waals surface area contributed by atoms with Gasteiger partial charge >= 0.3 is 0 Å². The third-order valence-corrected chi connectivity index (χ3v) is 4.10. The fourth-order valence-corrected chi connectivity index (χ4v) is 2.95. The van der Waals surface area contributed by atoms with Crippen molar-refractivity contribution < 1.29 is 4.79 Å². The molecular weight excluding hydrogens is 268 g/mol. The Kier molecular flexibility index (Phi) is 2.97. The Morgan fingerprint density at radius 1 is 1.33 bits per heavy atom. The summed E-state index contributed by atoms with van der Waals surface area (Å²) in [6.45, 7) is 0.966. The number of nitrogens with one attached hydrogen (secondary N) is 2. The summed E-state index contributed by atoms with van der Waals surface area (Å²) in [5, 5.41) is 6.17. The Morgan fingerprint density at radius 3 is 3.00 bits per heavy atom. The molecule has 0 fully saturated rings. The second-order valence-corrected chi connectivity index (χ2v) is 5.82. The monoisotopic (exact) mass is 278 g/mol. The summed E-state index contributed by atoms with van der Waals surface area (Å²) in [4.78, 5) is 12.6. The van der Waals surface area contributed by atoms with Crippen LogP contribution in [-0.4, -0.2) is 12.5 Å². The van der Waals surface area contributed by atoms with Crippen LogP contribution >= 0.6 is 22.9 Å². The fraction of sp³-hybridized carbons (Fsp3) is 0.154. The molecule has 1 aliphatic heterocycles. The van der Waals surface area contributed by atoms with Crippen LogP contribution in [0.2, 0.25) is 4.34 Å². The first kappa shape index (κ1) is 11.6. The van der Waals surface area contributed by atoms with E-state index in [9.17, 15) is 4.79 Å². The molecule has 2 N–H and O–H groups in total. The Morgan fingerprint density at radius 2 is 2.22 bits per heavy atom. The smallest absolute Gasteiger partial charge is 0.265 e. The van der Waals surface area contributed by atoms with E-state index >= 15 is 0 Å². The maximum Gasteiger partial charge on any atom is 0.265 e. The zero-order valence-corrected chi connectivity index (χ0v) is 11.1.